The van der Waals surface area contributed by atoms with Crippen LogP contribution < -0.4 is 5.73 Å². The number of aryl methyl sites for hydroxylation is 1. The number of carboxylic acids is 1. The van der Waals surface area contributed by atoms with Gasteiger partial charge in [-0.3, -0.25) is 0 Å². The quantitative estimate of drug-likeness (QED) is 0.390. The molecular formula is C26H32N5O2+. The molecular weight excluding hydrogens is 414 g/mol. The van der Waals surface area contributed by atoms with E-state index in [2.05, 4.69) is 61.9 Å². The second kappa shape index (κ2) is 8.83. The zero-order chi connectivity index (χ0) is 23.8. The van der Waals surface area contributed by atoms with Gasteiger partial charge in [-0.2, -0.15) is 0 Å². The first-order valence-corrected chi connectivity index (χ1v) is 11.4. The highest BCUT2D eigenvalue weighted by Gasteiger charge is 2.19. The number of aromatic nitrogens is 3. The van der Waals surface area contributed by atoms with E-state index >= 15 is 0 Å². The summed E-state index contributed by atoms with van der Waals surface area (Å²) in [6.07, 6.45) is 2.94. The summed E-state index contributed by atoms with van der Waals surface area (Å²) in [5.74, 6) is 0.323. The number of rotatable bonds is 8. The van der Waals surface area contributed by atoms with Crippen LogP contribution in [-0.2, 0) is 19.5 Å². The number of unbranched alkanes of at least 4 members (excludes halogenated alkanes) is 1. The molecule has 0 amide bonds. The third kappa shape index (κ3) is 4.83. The lowest BCUT2D eigenvalue weighted by atomic mass is 10.1. The van der Waals surface area contributed by atoms with Gasteiger partial charge < -0.3 is 19.9 Å². The molecule has 0 saturated heterocycles. The number of quaternary nitrogens is 1. The minimum absolute atomic E-state index is 0.193. The van der Waals surface area contributed by atoms with Gasteiger partial charge >= 0.3 is 5.97 Å². The molecule has 0 aliphatic rings. The smallest absolute Gasteiger partial charge is 0.335 e. The molecule has 7 nitrogen and oxygen atoms in total. The molecule has 0 unspecified atom stereocenters. The maximum atomic E-state index is 11.5. The Bertz CT molecular complexity index is 1320. The van der Waals surface area contributed by atoms with Crippen LogP contribution in [0, 0.1) is 0 Å². The van der Waals surface area contributed by atoms with Crippen LogP contribution in [0.25, 0.3) is 21.9 Å². The number of nitrogens with zero attached hydrogens (tertiary/aromatic N) is 4. The number of imidazole rings is 1. The maximum Gasteiger partial charge on any atom is 0.335 e. The molecule has 172 valence electrons. The number of hydrogen-bond acceptors (Lipinski definition) is 4. The Labute approximate surface area is 194 Å². The molecule has 2 aromatic heterocycles. The van der Waals surface area contributed by atoms with Gasteiger partial charge in [0.25, 0.3) is 0 Å². The highest BCUT2D eigenvalue weighted by molar-refractivity contribution is 6.08. The van der Waals surface area contributed by atoms with E-state index < -0.39 is 5.97 Å². The highest BCUT2D eigenvalue weighted by Crippen LogP contribution is 2.31. The van der Waals surface area contributed by atoms with Gasteiger partial charge in [0, 0.05) is 23.9 Å². The number of pyridine rings is 1. The van der Waals surface area contributed by atoms with Crippen LogP contribution in [0.5, 0.6) is 0 Å². The van der Waals surface area contributed by atoms with Crippen molar-refractivity contribution in [3.63, 3.8) is 0 Å². The molecule has 0 fully saturated rings. The summed E-state index contributed by atoms with van der Waals surface area (Å²) in [6.45, 7) is 3.80. The molecule has 0 saturated carbocycles. The largest absolute Gasteiger partial charge is 0.478 e. The third-order valence-electron chi connectivity index (χ3n) is 5.80. The molecule has 7 heteroatoms. The molecule has 0 spiro atoms. The van der Waals surface area contributed by atoms with Crippen LogP contribution in [0.1, 0.15) is 47.1 Å². The van der Waals surface area contributed by atoms with Gasteiger partial charge in [-0.1, -0.05) is 37.6 Å². The Hall–Kier alpha value is -3.45. The van der Waals surface area contributed by atoms with Crippen LogP contribution in [0.3, 0.4) is 0 Å². The first-order valence-electron chi connectivity index (χ1n) is 11.4. The van der Waals surface area contributed by atoms with E-state index in [1.54, 1.807) is 12.1 Å². The van der Waals surface area contributed by atoms with Gasteiger partial charge in [0.1, 0.15) is 17.9 Å². The monoisotopic (exact) mass is 446 g/mol. The standard InChI is InChI=1S/C26H31N5O2/c1-5-6-7-22-29-23-24(20-13-12-19(26(32)33)14-21(20)28-25(23)27)30(22)15-17-8-10-18(11-9-17)16-31(2,3)4/h8-14H,5-7,15-16H2,1-4H3,(H2-,27,28,32,33)/p+1. The van der Waals surface area contributed by atoms with Crippen molar-refractivity contribution in [1.29, 1.82) is 0 Å². The van der Waals surface area contributed by atoms with E-state index in [1.807, 2.05) is 6.07 Å². The van der Waals surface area contributed by atoms with Crippen molar-refractivity contribution < 1.29 is 14.4 Å². The first-order chi connectivity index (χ1) is 15.7. The summed E-state index contributed by atoms with van der Waals surface area (Å²) in [6, 6.07) is 13.7. The van der Waals surface area contributed by atoms with Crippen molar-refractivity contribution in [3.8, 4) is 0 Å². The molecule has 2 aromatic carbocycles. The van der Waals surface area contributed by atoms with Crippen LogP contribution in [0.4, 0.5) is 5.82 Å². The molecule has 0 bridgehead atoms. The summed E-state index contributed by atoms with van der Waals surface area (Å²) in [5, 5.41) is 10.3. The van der Waals surface area contributed by atoms with Crippen molar-refractivity contribution in [2.24, 2.45) is 0 Å². The van der Waals surface area contributed by atoms with Crippen LogP contribution in [0.15, 0.2) is 42.5 Å². The number of carboxylic acid groups (broad SMARTS) is 1. The Kier molecular flexibility index (Phi) is 6.08. The summed E-state index contributed by atoms with van der Waals surface area (Å²) < 4.78 is 3.10. The predicted octanol–water partition coefficient (Wildman–Crippen LogP) is 4.46. The molecule has 4 aromatic rings. The van der Waals surface area contributed by atoms with Crippen LogP contribution >= 0.6 is 0 Å². The summed E-state index contributed by atoms with van der Waals surface area (Å²) in [4.78, 5) is 20.8. The summed E-state index contributed by atoms with van der Waals surface area (Å²) in [5.41, 5.74) is 11.1. The third-order valence-corrected chi connectivity index (χ3v) is 5.80. The van der Waals surface area contributed by atoms with E-state index in [0.29, 0.717) is 23.4 Å². The molecule has 0 radical (unpaired) electrons. The lowest BCUT2D eigenvalue weighted by Crippen LogP contribution is -2.33. The van der Waals surface area contributed by atoms with Crippen LogP contribution in [0.2, 0.25) is 0 Å². The zero-order valence-corrected chi connectivity index (χ0v) is 19.8. The number of carbonyl (C=O) groups is 1. The topological polar surface area (TPSA) is 94.0 Å². The second-order valence-corrected chi connectivity index (χ2v) is 9.71. The summed E-state index contributed by atoms with van der Waals surface area (Å²) in [7, 11) is 6.56. The van der Waals surface area contributed by atoms with E-state index in [1.165, 1.54) is 11.1 Å². The second-order valence-electron chi connectivity index (χ2n) is 9.71. The molecule has 4 rings (SSSR count). The van der Waals surface area contributed by atoms with Crippen molar-refractivity contribution in [3.05, 3.63) is 65.0 Å². The SMILES string of the molecule is CCCCc1nc2c(N)nc3cc(C(=O)O)ccc3c2n1Cc1ccc(C[N+](C)(C)C)cc1. The minimum atomic E-state index is -0.983. The van der Waals surface area contributed by atoms with E-state index in [0.717, 1.165) is 47.0 Å². The van der Waals surface area contributed by atoms with Crippen molar-refractivity contribution >= 4 is 33.7 Å². The Balaban J connectivity index is 1.84. The number of benzene rings is 2. The Morgan fingerprint density at radius 1 is 1.06 bits per heavy atom. The maximum absolute atomic E-state index is 11.5. The first kappa shape index (κ1) is 22.7. The normalized spacial score (nSPS) is 12.0. The van der Waals surface area contributed by atoms with Gasteiger partial charge in [0.05, 0.1) is 37.7 Å². The number of anilines is 1. The molecule has 3 N–H and O–H groups in total. The minimum Gasteiger partial charge on any atom is -0.478 e. The van der Waals surface area contributed by atoms with E-state index in [9.17, 15) is 9.90 Å². The average molecular weight is 447 g/mol. The molecule has 0 aliphatic carbocycles. The van der Waals surface area contributed by atoms with Gasteiger partial charge in [-0.15, -0.1) is 0 Å². The zero-order valence-electron chi connectivity index (χ0n) is 19.8. The fraction of sp³-hybridized carbons (Fsp3) is 0.346. The van der Waals surface area contributed by atoms with Crippen LogP contribution in [-0.4, -0.2) is 51.2 Å². The Morgan fingerprint density at radius 2 is 1.76 bits per heavy atom. The fourth-order valence-electron chi connectivity index (χ4n) is 4.27. The number of nitrogens with two attached hydrogens (primary N) is 1. The lowest BCUT2D eigenvalue weighted by Gasteiger charge is -2.24. The number of hydrogen-bond donors (Lipinski definition) is 2. The Morgan fingerprint density at radius 3 is 2.39 bits per heavy atom. The highest BCUT2D eigenvalue weighted by atomic mass is 16.4. The van der Waals surface area contributed by atoms with Crippen molar-refractivity contribution in [1.82, 2.24) is 14.5 Å². The van der Waals surface area contributed by atoms with Gasteiger partial charge in [-0.05, 0) is 30.2 Å². The molecule has 33 heavy (non-hydrogen) atoms. The number of nitrogen functional groups attached to an aromatic ring is 1. The van der Waals surface area contributed by atoms with Crippen molar-refractivity contribution in [2.45, 2.75) is 39.3 Å². The van der Waals surface area contributed by atoms with Gasteiger partial charge in [-0.25, -0.2) is 14.8 Å². The fourth-order valence-corrected chi connectivity index (χ4v) is 4.27. The average Bonchev–Trinajstić information content (AvgIpc) is 3.11. The van der Waals surface area contributed by atoms with Gasteiger partial charge in [0.15, 0.2) is 5.82 Å². The lowest BCUT2D eigenvalue weighted by molar-refractivity contribution is -0.884. The van der Waals surface area contributed by atoms with E-state index in [4.69, 9.17) is 10.7 Å². The van der Waals surface area contributed by atoms with Crippen molar-refractivity contribution in [2.75, 3.05) is 26.9 Å². The predicted molar refractivity (Wildman–Crippen MR) is 132 cm³/mol. The van der Waals surface area contributed by atoms with E-state index in [-0.39, 0.29) is 5.56 Å². The molecule has 2 heterocycles. The molecule has 0 aliphatic heterocycles. The molecule has 0 atom stereocenters. The number of fused-ring (bicyclic) bond motifs is 3. The number of aromatic carboxylic acids is 1. The van der Waals surface area contributed by atoms with Gasteiger partial charge in [0.2, 0.25) is 0 Å². The summed E-state index contributed by atoms with van der Waals surface area (Å²) >= 11 is 0.